The van der Waals surface area contributed by atoms with Gasteiger partial charge in [-0.2, -0.15) is 0 Å². The molecule has 1 amide bonds. The zero-order valence-corrected chi connectivity index (χ0v) is 14.6. The highest BCUT2D eigenvalue weighted by atomic mass is 16.3. The molecule has 5 heteroatoms. The van der Waals surface area contributed by atoms with Crippen LogP contribution >= 0.6 is 0 Å². The van der Waals surface area contributed by atoms with Crippen molar-refractivity contribution in [1.29, 1.82) is 0 Å². The van der Waals surface area contributed by atoms with Crippen molar-refractivity contribution in [3.05, 3.63) is 41.3 Å². The number of benzene rings is 1. The van der Waals surface area contributed by atoms with Crippen LogP contribution in [0.1, 0.15) is 37.9 Å². The first kappa shape index (κ1) is 16.4. The Bertz CT molecular complexity index is 776. The molecule has 2 heterocycles. The van der Waals surface area contributed by atoms with E-state index < -0.39 is 5.41 Å². The molecule has 2 aromatic rings. The third-order valence-electron chi connectivity index (χ3n) is 4.24. The number of amides is 1. The van der Waals surface area contributed by atoms with E-state index in [9.17, 15) is 9.90 Å². The molecule has 0 radical (unpaired) electrons. The Hall–Kier alpha value is -2.43. The largest absolute Gasteiger partial charge is 0.508 e. The molecule has 1 aromatic heterocycles. The van der Waals surface area contributed by atoms with Gasteiger partial charge in [0.1, 0.15) is 11.6 Å². The van der Waals surface area contributed by atoms with Crippen molar-refractivity contribution in [2.75, 3.05) is 6.54 Å². The second-order valence-electron chi connectivity index (χ2n) is 7.32. The Labute approximate surface area is 142 Å². The third kappa shape index (κ3) is 3.11. The molecule has 0 saturated carbocycles. The van der Waals surface area contributed by atoms with Crippen molar-refractivity contribution in [3.8, 4) is 17.0 Å². The fourth-order valence-corrected chi connectivity index (χ4v) is 3.04. The van der Waals surface area contributed by atoms with Gasteiger partial charge >= 0.3 is 0 Å². The number of aromatic nitrogens is 2. The molecular formula is C19H23N3O2. The van der Waals surface area contributed by atoms with Gasteiger partial charge in [-0.3, -0.25) is 4.79 Å². The summed E-state index contributed by atoms with van der Waals surface area (Å²) in [5, 5.41) is 9.52. The number of hydrogen-bond acceptors (Lipinski definition) is 4. The van der Waals surface area contributed by atoms with Crippen molar-refractivity contribution >= 4 is 5.91 Å². The van der Waals surface area contributed by atoms with Crippen molar-refractivity contribution < 1.29 is 9.90 Å². The predicted molar refractivity (Wildman–Crippen MR) is 92.4 cm³/mol. The molecule has 1 aliphatic heterocycles. The molecule has 24 heavy (non-hydrogen) atoms. The third-order valence-corrected chi connectivity index (χ3v) is 4.24. The number of hydrogen-bond donors (Lipinski definition) is 1. The summed E-state index contributed by atoms with van der Waals surface area (Å²) in [6, 6.07) is 7.00. The lowest BCUT2D eigenvalue weighted by atomic mass is 9.92. The SMILES string of the molecule is Cc1nc2c(c(-c3ccc(O)cc3)n1)CN(C(=O)C(C)(C)C)CC2. The van der Waals surface area contributed by atoms with Crippen molar-refractivity contribution in [2.24, 2.45) is 5.41 Å². The molecule has 1 N–H and O–H groups in total. The molecule has 0 bridgehead atoms. The number of rotatable bonds is 1. The van der Waals surface area contributed by atoms with Crippen LogP contribution in [0.5, 0.6) is 5.75 Å². The summed E-state index contributed by atoms with van der Waals surface area (Å²) in [5.74, 6) is 1.10. The molecular weight excluding hydrogens is 302 g/mol. The Kier molecular flexibility index (Phi) is 4.03. The van der Waals surface area contributed by atoms with Crippen LogP contribution in [-0.2, 0) is 17.8 Å². The van der Waals surface area contributed by atoms with Gasteiger partial charge in [-0.1, -0.05) is 20.8 Å². The monoisotopic (exact) mass is 325 g/mol. The smallest absolute Gasteiger partial charge is 0.228 e. The van der Waals surface area contributed by atoms with E-state index >= 15 is 0 Å². The number of aryl methyl sites for hydroxylation is 1. The van der Waals surface area contributed by atoms with Gasteiger partial charge in [-0.25, -0.2) is 9.97 Å². The summed E-state index contributed by atoms with van der Waals surface area (Å²) in [4.78, 5) is 23.7. The minimum Gasteiger partial charge on any atom is -0.508 e. The molecule has 0 unspecified atom stereocenters. The summed E-state index contributed by atoms with van der Waals surface area (Å²) >= 11 is 0. The Morgan fingerprint density at radius 3 is 2.46 bits per heavy atom. The lowest BCUT2D eigenvalue weighted by Crippen LogP contribution is -2.42. The number of carbonyl (C=O) groups is 1. The topological polar surface area (TPSA) is 66.3 Å². The maximum atomic E-state index is 12.6. The maximum absolute atomic E-state index is 12.6. The Morgan fingerprint density at radius 2 is 1.83 bits per heavy atom. The van der Waals surface area contributed by atoms with Crippen molar-refractivity contribution in [3.63, 3.8) is 0 Å². The van der Waals surface area contributed by atoms with E-state index in [0.717, 1.165) is 34.8 Å². The summed E-state index contributed by atoms with van der Waals surface area (Å²) in [5.41, 5.74) is 3.41. The van der Waals surface area contributed by atoms with Gasteiger partial charge in [0.05, 0.1) is 11.4 Å². The van der Waals surface area contributed by atoms with Crippen LogP contribution < -0.4 is 0 Å². The summed E-state index contributed by atoms with van der Waals surface area (Å²) < 4.78 is 0. The zero-order valence-electron chi connectivity index (χ0n) is 14.6. The number of phenols is 1. The maximum Gasteiger partial charge on any atom is 0.228 e. The molecule has 0 atom stereocenters. The second kappa shape index (κ2) is 5.89. The van der Waals surface area contributed by atoms with Crippen LogP contribution in [0.25, 0.3) is 11.3 Å². The van der Waals surface area contributed by atoms with Gasteiger partial charge in [0.2, 0.25) is 5.91 Å². The molecule has 5 nitrogen and oxygen atoms in total. The second-order valence-corrected chi connectivity index (χ2v) is 7.32. The lowest BCUT2D eigenvalue weighted by molar-refractivity contribution is -0.140. The van der Waals surface area contributed by atoms with Crippen LogP contribution in [-0.4, -0.2) is 32.4 Å². The highest BCUT2D eigenvalue weighted by Gasteiger charge is 2.31. The minimum atomic E-state index is -0.401. The Balaban J connectivity index is 2.03. The van der Waals surface area contributed by atoms with Gasteiger partial charge in [-0.15, -0.1) is 0 Å². The van der Waals surface area contributed by atoms with Gasteiger partial charge in [0.25, 0.3) is 0 Å². The standard InChI is InChI=1S/C19H23N3O2/c1-12-20-16-9-10-22(18(24)19(2,3)4)11-15(16)17(21-12)13-5-7-14(23)8-6-13/h5-8,23H,9-11H2,1-4H3. The van der Waals surface area contributed by atoms with E-state index in [1.54, 1.807) is 12.1 Å². The van der Waals surface area contributed by atoms with E-state index in [4.69, 9.17) is 0 Å². The zero-order chi connectivity index (χ0) is 17.5. The number of nitrogens with zero attached hydrogens (tertiary/aromatic N) is 3. The minimum absolute atomic E-state index is 0.144. The van der Waals surface area contributed by atoms with Crippen LogP contribution in [0.2, 0.25) is 0 Å². The summed E-state index contributed by atoms with van der Waals surface area (Å²) in [6.07, 6.45) is 0.742. The highest BCUT2D eigenvalue weighted by Crippen LogP contribution is 2.31. The number of phenolic OH excluding ortho intramolecular Hbond substituents is 1. The van der Waals surface area contributed by atoms with E-state index in [1.165, 1.54) is 0 Å². The molecule has 0 fully saturated rings. The first-order valence-corrected chi connectivity index (χ1v) is 8.21. The molecule has 1 aliphatic rings. The number of carbonyl (C=O) groups excluding carboxylic acids is 1. The quantitative estimate of drug-likeness (QED) is 0.875. The van der Waals surface area contributed by atoms with Crippen LogP contribution in [0.3, 0.4) is 0 Å². The van der Waals surface area contributed by atoms with Crippen molar-refractivity contribution in [2.45, 2.75) is 40.7 Å². The molecule has 0 spiro atoms. The van der Waals surface area contributed by atoms with Crippen LogP contribution in [0, 0.1) is 12.3 Å². The average Bonchev–Trinajstić information content (AvgIpc) is 2.53. The highest BCUT2D eigenvalue weighted by molar-refractivity contribution is 5.82. The lowest BCUT2D eigenvalue weighted by Gasteiger charge is -2.34. The average molecular weight is 325 g/mol. The Morgan fingerprint density at radius 1 is 1.17 bits per heavy atom. The van der Waals surface area contributed by atoms with Crippen molar-refractivity contribution in [1.82, 2.24) is 14.9 Å². The van der Waals surface area contributed by atoms with Crippen LogP contribution in [0.4, 0.5) is 0 Å². The van der Waals surface area contributed by atoms with Gasteiger partial charge in [-0.05, 0) is 31.2 Å². The van der Waals surface area contributed by atoms with Gasteiger partial charge in [0, 0.05) is 36.1 Å². The number of fused-ring (bicyclic) bond motifs is 1. The predicted octanol–water partition coefficient (Wildman–Crippen LogP) is 3.09. The molecule has 0 aliphatic carbocycles. The normalized spacial score (nSPS) is 14.4. The molecule has 126 valence electrons. The summed E-state index contributed by atoms with van der Waals surface area (Å²) in [6.45, 7) is 8.93. The first-order valence-electron chi connectivity index (χ1n) is 8.21. The van der Waals surface area contributed by atoms with E-state index in [-0.39, 0.29) is 11.7 Å². The fraction of sp³-hybridized carbons (Fsp3) is 0.421. The summed E-state index contributed by atoms with van der Waals surface area (Å²) in [7, 11) is 0. The van der Waals surface area contributed by atoms with E-state index in [2.05, 4.69) is 9.97 Å². The number of aromatic hydroxyl groups is 1. The molecule has 1 aromatic carbocycles. The van der Waals surface area contributed by atoms with Crippen LogP contribution in [0.15, 0.2) is 24.3 Å². The fourth-order valence-electron chi connectivity index (χ4n) is 3.04. The molecule has 3 rings (SSSR count). The van der Waals surface area contributed by atoms with Gasteiger partial charge in [0.15, 0.2) is 0 Å². The van der Waals surface area contributed by atoms with Gasteiger partial charge < -0.3 is 10.0 Å². The van der Waals surface area contributed by atoms with E-state index in [1.807, 2.05) is 44.7 Å². The van der Waals surface area contributed by atoms with E-state index in [0.29, 0.717) is 13.1 Å². The first-order chi connectivity index (χ1) is 11.3. The molecule has 0 saturated heterocycles.